The molecule has 0 aromatic rings. The highest BCUT2D eigenvalue weighted by molar-refractivity contribution is 5.66. The summed E-state index contributed by atoms with van der Waals surface area (Å²) in [6.45, 7) is 0.103. The number of rotatable bonds is 4. The van der Waals surface area contributed by atoms with Crippen molar-refractivity contribution in [3.8, 4) is 0 Å². The number of carbonyl (C=O) groups is 1. The minimum absolute atomic E-state index is 0.0200. The number of carboxylic acid groups (broad SMARTS) is 1. The molecular weight excluding hydrogens is 112 g/mol. The molecule has 4 heteroatoms. The predicted octanol–water partition coefficient (Wildman–Crippen LogP) is 0.0391. The lowest BCUT2D eigenvalue weighted by molar-refractivity contribution is -0.272. The normalized spacial score (nSPS) is 9.12. The summed E-state index contributed by atoms with van der Waals surface area (Å²) in [7, 11) is 1.34. The van der Waals surface area contributed by atoms with Gasteiger partial charge in [-0.25, -0.2) is 9.78 Å². The molecule has 0 unspecified atom stereocenters. The standard InChI is InChI=1S/C4H8O4/c1-7-8-3-2-4(5)6/h2-3H2,1H3,(H,5,6). The summed E-state index contributed by atoms with van der Waals surface area (Å²) in [5, 5.41) is 8.00. The van der Waals surface area contributed by atoms with Crippen molar-refractivity contribution >= 4 is 5.97 Å². The van der Waals surface area contributed by atoms with Crippen LogP contribution in [0.4, 0.5) is 0 Å². The molecule has 0 aliphatic heterocycles. The van der Waals surface area contributed by atoms with Gasteiger partial charge in [-0.15, -0.1) is 0 Å². The third kappa shape index (κ3) is 5.39. The van der Waals surface area contributed by atoms with Gasteiger partial charge >= 0.3 is 5.97 Å². The van der Waals surface area contributed by atoms with E-state index in [9.17, 15) is 4.79 Å². The molecule has 0 fully saturated rings. The van der Waals surface area contributed by atoms with Gasteiger partial charge in [-0.3, -0.25) is 4.79 Å². The summed E-state index contributed by atoms with van der Waals surface area (Å²) in [4.78, 5) is 18.1. The molecule has 0 heterocycles. The molecule has 0 saturated carbocycles. The van der Waals surface area contributed by atoms with Crippen molar-refractivity contribution in [2.75, 3.05) is 13.7 Å². The Labute approximate surface area is 46.9 Å². The van der Waals surface area contributed by atoms with Gasteiger partial charge < -0.3 is 5.11 Å². The first-order chi connectivity index (χ1) is 3.77. The molecular formula is C4H8O4. The van der Waals surface area contributed by atoms with Crippen molar-refractivity contribution in [3.63, 3.8) is 0 Å². The smallest absolute Gasteiger partial charge is 0.305 e. The van der Waals surface area contributed by atoms with Gasteiger partial charge in [0.2, 0.25) is 0 Å². The molecule has 0 aromatic carbocycles. The molecule has 0 radical (unpaired) electrons. The third-order valence-corrected chi connectivity index (χ3v) is 0.517. The Morgan fingerprint density at radius 2 is 2.38 bits per heavy atom. The lowest BCUT2D eigenvalue weighted by Gasteiger charge is -1.93. The van der Waals surface area contributed by atoms with Crippen molar-refractivity contribution in [2.45, 2.75) is 6.42 Å². The zero-order valence-electron chi connectivity index (χ0n) is 4.59. The van der Waals surface area contributed by atoms with Crippen LogP contribution in [0.3, 0.4) is 0 Å². The Balaban J connectivity index is 2.82. The molecule has 0 aromatic heterocycles. The van der Waals surface area contributed by atoms with Gasteiger partial charge in [-0.05, 0) is 0 Å². The lowest BCUT2D eigenvalue weighted by Crippen LogP contribution is -2.01. The summed E-state index contributed by atoms with van der Waals surface area (Å²) in [5.41, 5.74) is 0. The Morgan fingerprint density at radius 3 is 2.75 bits per heavy atom. The Kier molecular flexibility index (Phi) is 4.20. The van der Waals surface area contributed by atoms with E-state index in [1.54, 1.807) is 0 Å². The van der Waals surface area contributed by atoms with E-state index in [-0.39, 0.29) is 13.0 Å². The highest BCUT2D eigenvalue weighted by atomic mass is 17.2. The van der Waals surface area contributed by atoms with E-state index in [2.05, 4.69) is 9.78 Å². The average molecular weight is 120 g/mol. The predicted molar refractivity (Wildman–Crippen MR) is 25.2 cm³/mol. The number of hydrogen-bond donors (Lipinski definition) is 1. The topological polar surface area (TPSA) is 55.8 Å². The van der Waals surface area contributed by atoms with E-state index in [4.69, 9.17) is 5.11 Å². The second-order valence-corrected chi connectivity index (χ2v) is 1.13. The van der Waals surface area contributed by atoms with Crippen molar-refractivity contribution in [1.29, 1.82) is 0 Å². The average Bonchev–Trinajstić information content (AvgIpc) is 1.66. The summed E-state index contributed by atoms with van der Waals surface area (Å²) in [5.74, 6) is -0.887. The van der Waals surface area contributed by atoms with Gasteiger partial charge in [0.05, 0.1) is 20.1 Å². The molecule has 4 nitrogen and oxygen atoms in total. The van der Waals surface area contributed by atoms with Crippen LogP contribution in [0, 0.1) is 0 Å². The summed E-state index contributed by atoms with van der Waals surface area (Å²) >= 11 is 0. The van der Waals surface area contributed by atoms with Crippen LogP contribution in [0.2, 0.25) is 0 Å². The van der Waals surface area contributed by atoms with Crippen LogP contribution in [0.25, 0.3) is 0 Å². The van der Waals surface area contributed by atoms with Crippen LogP contribution in [0.1, 0.15) is 6.42 Å². The number of aliphatic carboxylic acids is 1. The SMILES string of the molecule is COOCCC(=O)O. The van der Waals surface area contributed by atoms with E-state index in [0.717, 1.165) is 0 Å². The van der Waals surface area contributed by atoms with E-state index in [0.29, 0.717) is 0 Å². The van der Waals surface area contributed by atoms with E-state index < -0.39 is 5.97 Å². The van der Waals surface area contributed by atoms with Crippen molar-refractivity contribution in [3.05, 3.63) is 0 Å². The Morgan fingerprint density at radius 1 is 1.75 bits per heavy atom. The van der Waals surface area contributed by atoms with Crippen LogP contribution < -0.4 is 0 Å². The minimum Gasteiger partial charge on any atom is -0.481 e. The second-order valence-electron chi connectivity index (χ2n) is 1.13. The second kappa shape index (κ2) is 4.55. The summed E-state index contributed by atoms with van der Waals surface area (Å²) in [6.07, 6.45) is -0.0200. The van der Waals surface area contributed by atoms with E-state index in [1.165, 1.54) is 7.11 Å². The van der Waals surface area contributed by atoms with Crippen molar-refractivity contribution in [1.82, 2.24) is 0 Å². The highest BCUT2D eigenvalue weighted by Crippen LogP contribution is 1.80. The van der Waals surface area contributed by atoms with Crippen molar-refractivity contribution in [2.24, 2.45) is 0 Å². The fraction of sp³-hybridized carbons (Fsp3) is 0.750. The molecule has 0 aliphatic carbocycles. The first-order valence-corrected chi connectivity index (χ1v) is 2.14. The maximum atomic E-state index is 9.74. The van der Waals surface area contributed by atoms with Gasteiger partial charge in [-0.2, -0.15) is 0 Å². The summed E-state index contributed by atoms with van der Waals surface area (Å²) < 4.78 is 0. The molecule has 48 valence electrons. The zero-order chi connectivity index (χ0) is 6.41. The monoisotopic (exact) mass is 120 g/mol. The molecule has 1 N–H and O–H groups in total. The minimum atomic E-state index is -0.887. The molecule has 0 rings (SSSR count). The molecule has 0 atom stereocenters. The van der Waals surface area contributed by atoms with E-state index in [1.807, 2.05) is 0 Å². The van der Waals surface area contributed by atoms with Crippen LogP contribution in [0.5, 0.6) is 0 Å². The quantitative estimate of drug-likeness (QED) is 0.323. The maximum Gasteiger partial charge on any atom is 0.305 e. The Hall–Kier alpha value is -0.610. The Bertz CT molecular complexity index is 70.4. The highest BCUT2D eigenvalue weighted by Gasteiger charge is 1.93. The molecule has 0 saturated heterocycles. The molecule has 0 bridgehead atoms. The number of hydrogen-bond acceptors (Lipinski definition) is 3. The van der Waals surface area contributed by atoms with E-state index >= 15 is 0 Å². The molecule has 0 amide bonds. The fourth-order valence-corrected chi connectivity index (χ4v) is 0.212. The molecule has 8 heavy (non-hydrogen) atoms. The van der Waals surface area contributed by atoms with Crippen LogP contribution in [-0.4, -0.2) is 24.8 Å². The van der Waals surface area contributed by atoms with Gasteiger partial charge in [-0.1, -0.05) is 0 Å². The third-order valence-electron chi connectivity index (χ3n) is 0.517. The van der Waals surface area contributed by atoms with Gasteiger partial charge in [0.15, 0.2) is 0 Å². The van der Waals surface area contributed by atoms with Crippen molar-refractivity contribution < 1.29 is 19.7 Å². The maximum absolute atomic E-state index is 9.74. The number of carboxylic acids is 1. The van der Waals surface area contributed by atoms with Gasteiger partial charge in [0, 0.05) is 0 Å². The van der Waals surface area contributed by atoms with Crippen LogP contribution in [-0.2, 0) is 14.6 Å². The lowest BCUT2D eigenvalue weighted by atomic mass is 10.5. The fourth-order valence-electron chi connectivity index (χ4n) is 0.212. The first kappa shape index (κ1) is 7.39. The van der Waals surface area contributed by atoms with Crippen LogP contribution in [0.15, 0.2) is 0 Å². The first-order valence-electron chi connectivity index (χ1n) is 2.14. The molecule has 0 spiro atoms. The summed E-state index contributed by atoms with van der Waals surface area (Å²) in [6, 6.07) is 0. The van der Waals surface area contributed by atoms with Crippen LogP contribution >= 0.6 is 0 Å². The zero-order valence-corrected chi connectivity index (χ0v) is 4.59. The largest absolute Gasteiger partial charge is 0.481 e. The van der Waals surface area contributed by atoms with Gasteiger partial charge in [0.1, 0.15) is 0 Å². The van der Waals surface area contributed by atoms with Gasteiger partial charge in [0.25, 0.3) is 0 Å². The molecule has 0 aliphatic rings.